The first-order chi connectivity index (χ1) is 8.27. The molecule has 17 heavy (non-hydrogen) atoms. The molecule has 0 spiro atoms. The Morgan fingerprint density at radius 1 is 1.18 bits per heavy atom. The summed E-state index contributed by atoms with van der Waals surface area (Å²) < 4.78 is 0. The molecule has 2 fully saturated rings. The third-order valence-electron chi connectivity index (χ3n) is 4.10. The number of amides is 1. The number of hydrogen-bond acceptors (Lipinski definition) is 3. The van der Waals surface area contributed by atoms with Gasteiger partial charge in [-0.05, 0) is 31.7 Å². The van der Waals surface area contributed by atoms with Crippen molar-refractivity contribution in [3.05, 3.63) is 0 Å². The number of nitrogens with one attached hydrogen (secondary N) is 1. The first-order valence-corrected chi connectivity index (χ1v) is 7.01. The van der Waals surface area contributed by atoms with E-state index >= 15 is 0 Å². The van der Waals surface area contributed by atoms with Gasteiger partial charge in [-0.1, -0.05) is 12.8 Å². The van der Waals surface area contributed by atoms with Gasteiger partial charge in [0.2, 0.25) is 5.91 Å². The second kappa shape index (κ2) is 6.36. The summed E-state index contributed by atoms with van der Waals surface area (Å²) in [4.78, 5) is 14.2. The van der Waals surface area contributed by atoms with Gasteiger partial charge in [-0.15, -0.1) is 0 Å². The molecule has 4 heteroatoms. The highest BCUT2D eigenvalue weighted by Crippen LogP contribution is 2.26. The fourth-order valence-electron chi connectivity index (χ4n) is 2.94. The van der Waals surface area contributed by atoms with Crippen LogP contribution in [0.1, 0.15) is 38.5 Å². The van der Waals surface area contributed by atoms with Crippen molar-refractivity contribution in [2.45, 2.75) is 44.6 Å². The summed E-state index contributed by atoms with van der Waals surface area (Å²) in [7, 11) is 0. The monoisotopic (exact) mass is 239 g/mol. The van der Waals surface area contributed by atoms with E-state index in [1.165, 1.54) is 12.8 Å². The highest BCUT2D eigenvalue weighted by molar-refractivity contribution is 5.76. The Morgan fingerprint density at radius 2 is 2.00 bits per heavy atom. The van der Waals surface area contributed by atoms with E-state index in [1.54, 1.807) is 0 Å². The smallest absolute Gasteiger partial charge is 0.222 e. The van der Waals surface area contributed by atoms with Crippen LogP contribution in [0.2, 0.25) is 0 Å². The predicted octanol–water partition coefficient (Wildman–Crippen LogP) is 0.716. The summed E-state index contributed by atoms with van der Waals surface area (Å²) in [5.41, 5.74) is 6.10. The van der Waals surface area contributed by atoms with Gasteiger partial charge in [-0.25, -0.2) is 0 Å². The molecule has 1 saturated heterocycles. The van der Waals surface area contributed by atoms with Crippen LogP contribution in [0.3, 0.4) is 0 Å². The van der Waals surface area contributed by atoms with Crippen molar-refractivity contribution in [1.82, 2.24) is 10.2 Å². The van der Waals surface area contributed by atoms with E-state index in [-0.39, 0.29) is 6.04 Å². The Kier molecular flexibility index (Phi) is 4.80. The number of carbonyl (C=O) groups excluding carboxylic acids is 1. The lowest BCUT2D eigenvalue weighted by Gasteiger charge is -2.30. The molecular formula is C13H25N3O. The standard InChI is InChI=1S/C13H25N3O/c14-12-5-2-1-4-11(12)10-13(17)16-8-3-6-15-7-9-16/h11-12,15H,1-10,14H2. The van der Waals surface area contributed by atoms with Crippen LogP contribution in [0, 0.1) is 5.92 Å². The van der Waals surface area contributed by atoms with Crippen molar-refractivity contribution in [3.8, 4) is 0 Å². The Bertz CT molecular complexity index is 249. The van der Waals surface area contributed by atoms with Gasteiger partial charge in [0.25, 0.3) is 0 Å². The Morgan fingerprint density at radius 3 is 2.82 bits per heavy atom. The first-order valence-electron chi connectivity index (χ1n) is 7.01. The fraction of sp³-hybridized carbons (Fsp3) is 0.923. The van der Waals surface area contributed by atoms with E-state index in [9.17, 15) is 4.79 Å². The average Bonchev–Trinajstić information content (AvgIpc) is 2.61. The molecule has 1 aliphatic heterocycles. The summed E-state index contributed by atoms with van der Waals surface area (Å²) >= 11 is 0. The molecule has 2 rings (SSSR count). The minimum absolute atomic E-state index is 0.248. The van der Waals surface area contributed by atoms with Crippen LogP contribution < -0.4 is 11.1 Å². The molecule has 1 heterocycles. The molecule has 2 unspecified atom stereocenters. The molecule has 2 aliphatic rings. The van der Waals surface area contributed by atoms with Gasteiger partial charge < -0.3 is 16.0 Å². The minimum atomic E-state index is 0.248. The van der Waals surface area contributed by atoms with Crippen LogP contribution in [0.5, 0.6) is 0 Å². The third-order valence-corrected chi connectivity index (χ3v) is 4.10. The van der Waals surface area contributed by atoms with E-state index in [0.29, 0.717) is 18.2 Å². The lowest BCUT2D eigenvalue weighted by molar-refractivity contribution is -0.132. The van der Waals surface area contributed by atoms with E-state index in [4.69, 9.17) is 5.73 Å². The molecule has 1 aliphatic carbocycles. The van der Waals surface area contributed by atoms with Gasteiger partial charge in [0.1, 0.15) is 0 Å². The topological polar surface area (TPSA) is 58.4 Å². The summed E-state index contributed by atoms with van der Waals surface area (Å²) in [6, 6.07) is 0.248. The lowest BCUT2D eigenvalue weighted by atomic mass is 9.82. The zero-order valence-electron chi connectivity index (χ0n) is 10.7. The van der Waals surface area contributed by atoms with Gasteiger partial charge >= 0.3 is 0 Å². The Balaban J connectivity index is 1.82. The highest BCUT2D eigenvalue weighted by atomic mass is 16.2. The zero-order valence-corrected chi connectivity index (χ0v) is 10.7. The summed E-state index contributed by atoms with van der Waals surface area (Å²) in [6.45, 7) is 3.74. The molecule has 3 N–H and O–H groups in total. The van der Waals surface area contributed by atoms with Crippen LogP contribution in [0.4, 0.5) is 0 Å². The van der Waals surface area contributed by atoms with Gasteiger partial charge in [-0.2, -0.15) is 0 Å². The Labute approximate surface area is 104 Å². The summed E-state index contributed by atoms with van der Waals surface area (Å²) in [5, 5.41) is 3.33. The van der Waals surface area contributed by atoms with Gasteiger partial charge in [0, 0.05) is 32.1 Å². The maximum Gasteiger partial charge on any atom is 0.222 e. The zero-order chi connectivity index (χ0) is 12.1. The lowest BCUT2D eigenvalue weighted by Crippen LogP contribution is -2.40. The van der Waals surface area contributed by atoms with Crippen molar-refractivity contribution in [3.63, 3.8) is 0 Å². The van der Waals surface area contributed by atoms with E-state index in [2.05, 4.69) is 5.32 Å². The van der Waals surface area contributed by atoms with Crippen LogP contribution >= 0.6 is 0 Å². The molecule has 4 nitrogen and oxygen atoms in total. The van der Waals surface area contributed by atoms with Crippen LogP contribution in [-0.4, -0.2) is 43.0 Å². The molecule has 0 radical (unpaired) electrons. The third kappa shape index (κ3) is 3.68. The molecule has 1 amide bonds. The fourth-order valence-corrected chi connectivity index (χ4v) is 2.94. The predicted molar refractivity (Wildman–Crippen MR) is 68.6 cm³/mol. The Hall–Kier alpha value is -0.610. The normalized spacial score (nSPS) is 31.0. The number of rotatable bonds is 2. The van der Waals surface area contributed by atoms with E-state index in [1.807, 2.05) is 4.90 Å². The highest BCUT2D eigenvalue weighted by Gasteiger charge is 2.26. The summed E-state index contributed by atoms with van der Waals surface area (Å²) in [6.07, 6.45) is 6.45. The van der Waals surface area contributed by atoms with Crippen molar-refractivity contribution < 1.29 is 4.79 Å². The maximum atomic E-state index is 12.2. The maximum absolute atomic E-state index is 12.2. The van der Waals surface area contributed by atoms with Crippen molar-refractivity contribution in [2.24, 2.45) is 11.7 Å². The molecular weight excluding hydrogens is 214 g/mol. The molecule has 0 bridgehead atoms. The number of carbonyl (C=O) groups is 1. The quantitative estimate of drug-likeness (QED) is 0.746. The molecule has 1 saturated carbocycles. The SMILES string of the molecule is NC1CCCCC1CC(=O)N1CCCNCC1. The number of nitrogens with two attached hydrogens (primary N) is 1. The van der Waals surface area contributed by atoms with E-state index < -0.39 is 0 Å². The number of nitrogens with zero attached hydrogens (tertiary/aromatic N) is 1. The second-order valence-electron chi connectivity index (χ2n) is 5.40. The summed E-state index contributed by atoms with van der Waals surface area (Å²) in [5.74, 6) is 0.739. The van der Waals surface area contributed by atoms with Crippen LogP contribution in [-0.2, 0) is 4.79 Å². The van der Waals surface area contributed by atoms with Crippen LogP contribution in [0.25, 0.3) is 0 Å². The molecule has 2 atom stereocenters. The van der Waals surface area contributed by atoms with Gasteiger partial charge in [-0.3, -0.25) is 4.79 Å². The molecule has 0 aromatic heterocycles. The van der Waals surface area contributed by atoms with Crippen LogP contribution in [0.15, 0.2) is 0 Å². The van der Waals surface area contributed by atoms with Crippen molar-refractivity contribution in [1.29, 1.82) is 0 Å². The van der Waals surface area contributed by atoms with Crippen molar-refractivity contribution >= 4 is 5.91 Å². The second-order valence-corrected chi connectivity index (χ2v) is 5.40. The average molecular weight is 239 g/mol. The minimum Gasteiger partial charge on any atom is -0.341 e. The molecule has 0 aromatic carbocycles. The largest absolute Gasteiger partial charge is 0.341 e. The molecule has 0 aromatic rings. The first kappa shape index (κ1) is 12.8. The number of hydrogen-bond donors (Lipinski definition) is 2. The van der Waals surface area contributed by atoms with Crippen molar-refractivity contribution in [2.75, 3.05) is 26.2 Å². The van der Waals surface area contributed by atoms with Gasteiger partial charge in [0.05, 0.1) is 0 Å². The van der Waals surface area contributed by atoms with E-state index in [0.717, 1.165) is 45.4 Å². The van der Waals surface area contributed by atoms with Gasteiger partial charge in [0.15, 0.2) is 0 Å². The molecule has 98 valence electrons.